The van der Waals surface area contributed by atoms with Crippen LogP contribution in [-0.4, -0.2) is 10.3 Å². The minimum absolute atomic E-state index is 1.50. The fourth-order valence-corrected chi connectivity index (χ4v) is 0. The molecular weight excluding hydrogens is 186 g/mol. The molecule has 0 aliphatic heterocycles. The van der Waals surface area contributed by atoms with Crippen molar-refractivity contribution < 1.29 is 34.6 Å². The van der Waals surface area contributed by atoms with E-state index < -0.39 is 5.09 Å². The third-order valence-corrected chi connectivity index (χ3v) is 0. The second kappa shape index (κ2) is 8.83. The van der Waals surface area contributed by atoms with Crippen molar-refractivity contribution in [2.24, 2.45) is 0 Å². The van der Waals surface area contributed by atoms with Crippen LogP contribution in [0, 0.1) is 10.1 Å². The molecule has 0 saturated carbocycles. The number of rotatable bonds is 0. The summed E-state index contributed by atoms with van der Waals surface area (Å²) in [6.07, 6.45) is 0. The maximum absolute atomic E-state index is 8.36. The Morgan fingerprint density at radius 1 is 1.67 bits per heavy atom. The Bertz CT molecular complexity index is 38.8. The topological polar surface area (TPSA) is 80.4 Å². The Labute approximate surface area is 45.3 Å². The Morgan fingerprint density at radius 3 is 1.67 bits per heavy atom. The summed E-state index contributed by atoms with van der Waals surface area (Å²) in [6, 6.07) is 0. The summed E-state index contributed by atoms with van der Waals surface area (Å²) >= 11 is 1.70. The van der Waals surface area contributed by atoms with E-state index in [2.05, 4.69) is 0 Å². The average Bonchev–Trinajstić information content (AvgIpc) is 1.41. The van der Waals surface area contributed by atoms with Gasteiger partial charge in [0, 0.05) is 0 Å². The van der Waals surface area contributed by atoms with Crippen LogP contribution in [0.5, 0.6) is 0 Å². The fourth-order valence-electron chi connectivity index (χ4n) is 0. The quantitative estimate of drug-likeness (QED) is 0.315. The SMILES string of the molecule is O=[N+]([O-])O.[O]=[Ag]. The Hall–Kier alpha value is -0.260. The second-order valence-electron chi connectivity index (χ2n) is 0.238. The van der Waals surface area contributed by atoms with Crippen molar-refractivity contribution in [3.05, 3.63) is 10.1 Å². The molecule has 6 heavy (non-hydrogen) atoms. The van der Waals surface area contributed by atoms with Crippen LogP contribution in [0.1, 0.15) is 0 Å². The van der Waals surface area contributed by atoms with Gasteiger partial charge < -0.3 is 5.21 Å². The number of hydrogen-bond donors (Lipinski definition) is 1. The van der Waals surface area contributed by atoms with E-state index in [-0.39, 0.29) is 0 Å². The summed E-state index contributed by atoms with van der Waals surface area (Å²) in [4.78, 5) is 8.36. The predicted molar refractivity (Wildman–Crippen MR) is 9.47 cm³/mol. The van der Waals surface area contributed by atoms with Gasteiger partial charge in [-0.25, -0.2) is 0 Å². The van der Waals surface area contributed by atoms with Gasteiger partial charge in [0.15, 0.2) is 0 Å². The normalized spacial score (nSPS) is 5.00. The summed E-state index contributed by atoms with van der Waals surface area (Å²) in [5.74, 6) is 0. The molecule has 41 valence electrons. The van der Waals surface area contributed by atoms with E-state index >= 15 is 0 Å². The number of hydrogen-bond acceptors (Lipinski definition) is 3. The molecule has 0 aromatic heterocycles. The van der Waals surface area contributed by atoms with Crippen LogP contribution in [0.25, 0.3) is 0 Å². The summed E-state index contributed by atoms with van der Waals surface area (Å²) in [7, 11) is 0. The van der Waals surface area contributed by atoms with Crippen molar-refractivity contribution in [2.75, 3.05) is 0 Å². The van der Waals surface area contributed by atoms with Crippen LogP contribution in [0.15, 0.2) is 0 Å². The predicted octanol–water partition coefficient (Wildman–Crippen LogP) is -0.469. The van der Waals surface area contributed by atoms with Gasteiger partial charge in [-0.15, -0.1) is 10.1 Å². The summed E-state index contributed by atoms with van der Waals surface area (Å²) < 4.78 is 8.06. The molecule has 0 saturated heterocycles. The van der Waals surface area contributed by atoms with Crippen LogP contribution < -0.4 is 0 Å². The summed E-state index contributed by atoms with van der Waals surface area (Å²) in [5, 5.41) is 13.6. The van der Waals surface area contributed by atoms with E-state index in [1.807, 2.05) is 0 Å². The van der Waals surface area contributed by atoms with E-state index in [0.29, 0.717) is 0 Å². The summed E-state index contributed by atoms with van der Waals surface area (Å²) in [6.45, 7) is 0. The third kappa shape index (κ3) is 416. The zero-order chi connectivity index (χ0) is 5.58. The molecule has 6 heteroatoms. The Morgan fingerprint density at radius 2 is 1.67 bits per heavy atom. The maximum atomic E-state index is 8.36. The molecule has 0 heterocycles. The van der Waals surface area contributed by atoms with Gasteiger partial charge in [0.25, 0.3) is 5.09 Å². The van der Waals surface area contributed by atoms with E-state index in [4.69, 9.17) is 18.6 Å². The van der Waals surface area contributed by atoms with E-state index in [9.17, 15) is 0 Å². The molecule has 1 N–H and O–H groups in total. The molecule has 0 atom stereocenters. The van der Waals surface area contributed by atoms with Crippen LogP contribution in [0.3, 0.4) is 0 Å². The number of nitrogens with zero attached hydrogens (tertiary/aromatic N) is 1. The molecule has 0 rings (SSSR count). The minimum atomic E-state index is -1.50. The molecule has 0 radical (unpaired) electrons. The van der Waals surface area contributed by atoms with Crippen molar-refractivity contribution >= 4 is 0 Å². The van der Waals surface area contributed by atoms with E-state index in [0.717, 1.165) is 0 Å². The third-order valence-electron chi connectivity index (χ3n) is 0. The van der Waals surface area contributed by atoms with Gasteiger partial charge in [0.05, 0.1) is 0 Å². The standard InChI is InChI=1S/Ag.HNO3.O/c;2-1(3)4;/h;(H,2,3,4);. The van der Waals surface area contributed by atoms with Gasteiger partial charge in [-0.05, 0) is 0 Å². The van der Waals surface area contributed by atoms with Crippen molar-refractivity contribution in [3.8, 4) is 0 Å². The van der Waals surface area contributed by atoms with Crippen molar-refractivity contribution in [3.63, 3.8) is 0 Å². The first-order valence-electron chi connectivity index (χ1n) is 0.688. The van der Waals surface area contributed by atoms with Gasteiger partial charge in [0.2, 0.25) is 0 Å². The molecule has 0 unspecified atom stereocenters. The first-order valence-corrected chi connectivity index (χ1v) is 1.29. The molecule has 0 bridgehead atoms. The Balaban J connectivity index is 0. The fraction of sp³-hybridized carbons (Fsp3) is 0. The average molecular weight is 187 g/mol. The van der Waals surface area contributed by atoms with E-state index in [1.54, 1.807) is 21.0 Å². The van der Waals surface area contributed by atoms with Crippen LogP contribution in [0.2, 0.25) is 0 Å². The second-order valence-corrected chi connectivity index (χ2v) is 0.238. The van der Waals surface area contributed by atoms with Crippen molar-refractivity contribution in [1.29, 1.82) is 0 Å². The molecule has 0 aromatic carbocycles. The molecule has 0 spiro atoms. The molecule has 5 nitrogen and oxygen atoms in total. The van der Waals surface area contributed by atoms with E-state index in [1.165, 1.54) is 0 Å². The zero-order valence-corrected chi connectivity index (χ0v) is 3.90. The van der Waals surface area contributed by atoms with Gasteiger partial charge in [-0.1, -0.05) is 0 Å². The van der Waals surface area contributed by atoms with Crippen molar-refractivity contribution in [1.82, 2.24) is 0 Å². The molecule has 0 fully saturated rings. The molecular formula is HAgNO4. The zero-order valence-electron chi connectivity index (χ0n) is 2.42. The van der Waals surface area contributed by atoms with Gasteiger partial charge in [-0.3, -0.25) is 0 Å². The Kier molecular flexibility index (Phi) is 13.6. The first kappa shape index (κ1) is 9.22. The van der Waals surface area contributed by atoms with Crippen molar-refractivity contribution in [2.45, 2.75) is 0 Å². The molecule has 0 amide bonds. The summed E-state index contributed by atoms with van der Waals surface area (Å²) in [5.41, 5.74) is 0. The van der Waals surface area contributed by atoms with Gasteiger partial charge in [0.1, 0.15) is 0 Å². The van der Waals surface area contributed by atoms with Crippen LogP contribution >= 0.6 is 0 Å². The molecule has 0 aromatic rings. The molecule has 0 aliphatic carbocycles. The monoisotopic (exact) mass is 186 g/mol. The van der Waals surface area contributed by atoms with Crippen LogP contribution in [0.4, 0.5) is 0 Å². The first-order chi connectivity index (χ1) is 2.73. The van der Waals surface area contributed by atoms with Gasteiger partial charge in [-0.2, -0.15) is 0 Å². The van der Waals surface area contributed by atoms with Gasteiger partial charge >= 0.3 is 24.3 Å². The van der Waals surface area contributed by atoms with Crippen LogP contribution in [-0.2, 0) is 24.3 Å². The molecule has 0 aliphatic rings.